The molecule has 52 heavy (non-hydrogen) atoms. The van der Waals surface area contributed by atoms with Crippen molar-refractivity contribution in [2.45, 2.75) is 0 Å². The van der Waals surface area contributed by atoms with E-state index in [1.54, 1.807) is 12.1 Å². The number of nitrogens with zero attached hydrogens (tertiary/aromatic N) is 2. The summed E-state index contributed by atoms with van der Waals surface area (Å²) in [5, 5.41) is 10.6. The molecule has 1 aromatic carbocycles. The zero-order chi connectivity index (χ0) is 37.2. The molecule has 1 heterocycles. The maximum absolute atomic E-state index is 11.4. The van der Waals surface area contributed by atoms with Crippen LogP contribution in [-0.2, 0) is 61.7 Å². The van der Waals surface area contributed by atoms with E-state index in [9.17, 15) is 19.7 Å². The van der Waals surface area contributed by atoms with E-state index in [1.807, 2.05) is 0 Å². The van der Waals surface area contributed by atoms with Crippen LogP contribution in [0.2, 0.25) is 0 Å². The topological polar surface area (TPSA) is 191 Å². The molecule has 0 aromatic heterocycles. The van der Waals surface area contributed by atoms with Gasteiger partial charge in [0, 0.05) is 24.3 Å². The van der Waals surface area contributed by atoms with Crippen molar-refractivity contribution in [3.05, 3.63) is 46.5 Å². The van der Waals surface area contributed by atoms with E-state index >= 15 is 0 Å². The zero-order valence-electron chi connectivity index (χ0n) is 29.9. The van der Waals surface area contributed by atoms with Gasteiger partial charge in [-0.05, 0) is 12.1 Å². The van der Waals surface area contributed by atoms with Gasteiger partial charge in [-0.3, -0.25) is 24.6 Å². The predicted molar refractivity (Wildman–Crippen MR) is 183 cm³/mol. The Morgan fingerprint density at radius 3 is 0.981 bits per heavy atom. The summed E-state index contributed by atoms with van der Waals surface area (Å²) in [5.41, 5.74) is 0.0199. The third kappa shape index (κ3) is 24.9. The third-order valence-corrected chi connectivity index (χ3v) is 6.62. The van der Waals surface area contributed by atoms with Gasteiger partial charge in [0.15, 0.2) is 0 Å². The molecule has 0 saturated heterocycles. The molecule has 18 heteroatoms. The molecule has 0 atom stereocenters. The van der Waals surface area contributed by atoms with E-state index in [4.69, 9.17) is 56.8 Å². The molecule has 0 aliphatic carbocycles. The first-order valence-corrected chi connectivity index (χ1v) is 17.3. The van der Waals surface area contributed by atoms with Crippen LogP contribution in [-0.4, -0.2) is 180 Å². The van der Waals surface area contributed by atoms with Gasteiger partial charge in [-0.1, -0.05) is 0 Å². The van der Waals surface area contributed by atoms with Crippen molar-refractivity contribution < 1.29 is 71.4 Å². The summed E-state index contributed by atoms with van der Waals surface area (Å²) >= 11 is 0. The van der Waals surface area contributed by atoms with Crippen LogP contribution in [0.4, 0.5) is 5.69 Å². The highest BCUT2D eigenvalue weighted by Gasteiger charge is 2.22. The zero-order valence-corrected chi connectivity index (χ0v) is 29.9. The number of carbonyl (C=O) groups is 2. The number of hydrogen-bond acceptors (Lipinski definition) is 16. The van der Waals surface area contributed by atoms with Gasteiger partial charge in [-0.2, -0.15) is 0 Å². The van der Waals surface area contributed by atoms with Crippen molar-refractivity contribution in [1.29, 1.82) is 0 Å². The average molecular weight is 747 g/mol. The lowest BCUT2D eigenvalue weighted by Crippen LogP contribution is -2.33. The Hall–Kier alpha value is -3.14. The molecule has 0 N–H and O–H groups in total. The number of ether oxygens (including phenoxy) is 12. The van der Waals surface area contributed by atoms with Crippen LogP contribution >= 0.6 is 0 Å². The van der Waals surface area contributed by atoms with Gasteiger partial charge in [0.1, 0.15) is 12.4 Å². The summed E-state index contributed by atoms with van der Waals surface area (Å²) in [6.07, 6.45) is 2.50. The monoisotopic (exact) mass is 746 g/mol. The molecule has 1 aromatic rings. The first-order chi connectivity index (χ1) is 25.6. The average Bonchev–Trinajstić information content (AvgIpc) is 3.47. The van der Waals surface area contributed by atoms with Crippen molar-refractivity contribution >= 4 is 17.5 Å². The Morgan fingerprint density at radius 1 is 0.423 bits per heavy atom. The smallest absolute Gasteiger partial charge is 0.269 e. The van der Waals surface area contributed by atoms with Gasteiger partial charge < -0.3 is 56.8 Å². The van der Waals surface area contributed by atoms with Gasteiger partial charge in [-0.25, -0.2) is 0 Å². The Labute approximate surface area is 304 Å². The molecule has 0 radical (unpaired) electrons. The maximum Gasteiger partial charge on any atom is 0.269 e. The summed E-state index contributed by atoms with van der Waals surface area (Å²) in [7, 11) is 0. The van der Waals surface area contributed by atoms with Crippen LogP contribution in [0.25, 0.3) is 0 Å². The second-order valence-corrected chi connectivity index (χ2v) is 10.5. The molecule has 1 aliphatic heterocycles. The minimum atomic E-state index is -0.456. The lowest BCUT2D eigenvalue weighted by Gasteiger charge is -2.13. The number of non-ortho nitro benzene ring substituents is 1. The summed E-state index contributed by atoms with van der Waals surface area (Å²) in [6.45, 7) is 10.2. The van der Waals surface area contributed by atoms with Crippen LogP contribution in [0.5, 0.6) is 5.75 Å². The van der Waals surface area contributed by atoms with Crippen molar-refractivity contribution in [1.82, 2.24) is 4.90 Å². The highest BCUT2D eigenvalue weighted by Crippen LogP contribution is 2.17. The first-order valence-electron chi connectivity index (χ1n) is 17.3. The van der Waals surface area contributed by atoms with Crippen LogP contribution in [0.1, 0.15) is 0 Å². The number of amides is 2. The first kappa shape index (κ1) is 45.0. The Bertz CT molecular complexity index is 1060. The van der Waals surface area contributed by atoms with Crippen molar-refractivity contribution in [2.24, 2.45) is 0 Å². The summed E-state index contributed by atoms with van der Waals surface area (Å²) in [5.74, 6) is -0.0760. The quantitative estimate of drug-likeness (QED) is 0.0404. The SMILES string of the molecule is O=C1C=CC(=O)N1CCOCCOCCOCCOCCOCCOCCOCCOCCOCCOCCOCCOc1ccc([N+](=O)[O-])cc1. The molecule has 2 rings (SSSR count). The second kappa shape index (κ2) is 32.5. The number of hydrogen-bond donors (Lipinski definition) is 0. The molecule has 1 aliphatic rings. The van der Waals surface area contributed by atoms with Gasteiger partial charge in [0.05, 0.1) is 157 Å². The molecule has 0 saturated carbocycles. The Morgan fingerprint density at radius 2 is 0.692 bits per heavy atom. The Kier molecular flexibility index (Phi) is 28.1. The van der Waals surface area contributed by atoms with E-state index in [1.165, 1.54) is 24.3 Å². The van der Waals surface area contributed by atoms with Crippen molar-refractivity contribution in [3.63, 3.8) is 0 Å². The second-order valence-electron chi connectivity index (χ2n) is 10.5. The number of benzene rings is 1. The molecular formula is C34H54N2O16. The fourth-order valence-electron chi connectivity index (χ4n) is 3.99. The number of carbonyl (C=O) groups excluding carboxylic acids is 2. The number of rotatable bonds is 38. The number of imide groups is 1. The van der Waals surface area contributed by atoms with E-state index < -0.39 is 4.92 Å². The largest absolute Gasteiger partial charge is 0.491 e. The standard InChI is InChI=1S/C34H54N2O16/c37-33-5-6-34(38)35(33)7-8-41-9-10-42-11-12-43-13-14-44-15-16-45-17-18-46-19-20-47-21-22-48-23-24-49-25-26-50-27-28-51-29-30-52-32-3-1-31(2-4-32)36(39)40/h1-6H,7-30H2. The Balaban J connectivity index is 1.15. The van der Waals surface area contributed by atoms with Gasteiger partial charge in [0.25, 0.3) is 17.5 Å². The predicted octanol–water partition coefficient (Wildman–Crippen LogP) is 1.08. The van der Waals surface area contributed by atoms with E-state index in [2.05, 4.69) is 0 Å². The summed E-state index contributed by atoms with van der Waals surface area (Å²) < 4.78 is 65.3. The van der Waals surface area contributed by atoms with Crippen LogP contribution in [0.15, 0.2) is 36.4 Å². The van der Waals surface area contributed by atoms with E-state index in [0.717, 1.165) is 4.90 Å². The minimum absolute atomic E-state index is 0.0199. The maximum atomic E-state index is 11.4. The third-order valence-electron chi connectivity index (χ3n) is 6.62. The summed E-state index contributed by atoms with van der Waals surface area (Å²) in [4.78, 5) is 34.1. The van der Waals surface area contributed by atoms with E-state index in [0.29, 0.717) is 151 Å². The normalized spacial score (nSPS) is 12.7. The fraction of sp³-hybridized carbons (Fsp3) is 0.706. The number of nitro benzene ring substituents is 1. The lowest BCUT2D eigenvalue weighted by atomic mass is 10.3. The number of nitro groups is 1. The van der Waals surface area contributed by atoms with Crippen molar-refractivity contribution in [3.8, 4) is 5.75 Å². The van der Waals surface area contributed by atoms with Crippen LogP contribution in [0, 0.1) is 10.1 Å². The highest BCUT2D eigenvalue weighted by molar-refractivity contribution is 6.12. The fourth-order valence-corrected chi connectivity index (χ4v) is 3.99. The molecule has 18 nitrogen and oxygen atoms in total. The van der Waals surface area contributed by atoms with Gasteiger partial charge in [0.2, 0.25) is 0 Å². The van der Waals surface area contributed by atoms with Crippen LogP contribution < -0.4 is 4.74 Å². The van der Waals surface area contributed by atoms with Crippen molar-refractivity contribution in [2.75, 3.05) is 159 Å². The van der Waals surface area contributed by atoms with Gasteiger partial charge in [-0.15, -0.1) is 0 Å². The molecule has 0 spiro atoms. The molecule has 296 valence electrons. The molecule has 0 unspecified atom stereocenters. The lowest BCUT2D eigenvalue weighted by molar-refractivity contribution is -0.384. The van der Waals surface area contributed by atoms with Gasteiger partial charge >= 0.3 is 0 Å². The molecule has 0 fully saturated rings. The molecular weight excluding hydrogens is 692 g/mol. The highest BCUT2D eigenvalue weighted by atomic mass is 16.6. The molecule has 2 amide bonds. The molecule has 0 bridgehead atoms. The van der Waals surface area contributed by atoms with Crippen LogP contribution in [0.3, 0.4) is 0 Å². The summed E-state index contributed by atoms with van der Waals surface area (Å²) in [6, 6.07) is 5.89. The van der Waals surface area contributed by atoms with E-state index in [-0.39, 0.29) is 30.7 Å². The minimum Gasteiger partial charge on any atom is -0.491 e.